The third kappa shape index (κ3) is 3.49. The second-order valence-corrected chi connectivity index (χ2v) is 4.53. The van der Waals surface area contributed by atoms with Gasteiger partial charge in [-0.25, -0.2) is 0 Å². The highest BCUT2D eigenvalue weighted by Crippen LogP contribution is 2.26. The monoisotopic (exact) mass is 223 g/mol. The van der Waals surface area contributed by atoms with Gasteiger partial charge in [-0.1, -0.05) is 19.3 Å². The van der Waals surface area contributed by atoms with Gasteiger partial charge in [0, 0.05) is 13.1 Å². The summed E-state index contributed by atoms with van der Waals surface area (Å²) in [5, 5.41) is 11.8. The molecular formula is C12H21N3O. The zero-order valence-electron chi connectivity index (χ0n) is 10.2. The number of likely N-dealkylation sites (N-methyl/N-ethyl adjacent to an activating group) is 2. The number of carbonyl (C=O) groups excluding carboxylic acids is 1. The number of nitrogens with zero attached hydrogens (tertiary/aromatic N) is 2. The van der Waals surface area contributed by atoms with Crippen molar-refractivity contribution in [2.45, 2.75) is 38.1 Å². The summed E-state index contributed by atoms with van der Waals surface area (Å²) >= 11 is 0. The summed E-state index contributed by atoms with van der Waals surface area (Å²) in [6.45, 7) is 0.388. The number of nitriles is 1. The van der Waals surface area contributed by atoms with Crippen LogP contribution in [0.5, 0.6) is 0 Å². The molecular weight excluding hydrogens is 202 g/mol. The largest absolute Gasteiger partial charge is 0.358 e. The minimum absolute atomic E-state index is 0.0171. The van der Waals surface area contributed by atoms with Crippen molar-refractivity contribution in [3.8, 4) is 6.07 Å². The molecule has 0 aliphatic heterocycles. The van der Waals surface area contributed by atoms with Crippen LogP contribution in [-0.4, -0.2) is 37.5 Å². The van der Waals surface area contributed by atoms with E-state index in [0.29, 0.717) is 6.54 Å². The van der Waals surface area contributed by atoms with Crippen LogP contribution >= 0.6 is 0 Å². The van der Waals surface area contributed by atoms with Gasteiger partial charge in [-0.05, 0) is 19.9 Å². The molecule has 16 heavy (non-hydrogen) atoms. The van der Waals surface area contributed by atoms with Crippen molar-refractivity contribution in [2.24, 2.45) is 5.92 Å². The fraction of sp³-hybridized carbons (Fsp3) is 0.833. The fourth-order valence-electron chi connectivity index (χ4n) is 2.39. The fourth-order valence-corrected chi connectivity index (χ4v) is 2.39. The minimum atomic E-state index is 0.0171. The van der Waals surface area contributed by atoms with E-state index in [2.05, 4.69) is 11.4 Å². The van der Waals surface area contributed by atoms with Gasteiger partial charge in [-0.3, -0.25) is 9.69 Å². The molecule has 1 amide bonds. The Hall–Kier alpha value is -1.08. The lowest BCUT2D eigenvalue weighted by Crippen LogP contribution is -2.42. The van der Waals surface area contributed by atoms with Crippen LogP contribution in [-0.2, 0) is 4.79 Å². The summed E-state index contributed by atoms with van der Waals surface area (Å²) in [4.78, 5) is 13.3. The van der Waals surface area contributed by atoms with Crippen molar-refractivity contribution < 1.29 is 4.79 Å². The summed E-state index contributed by atoms with van der Waals surface area (Å²) in [7, 11) is 3.58. The summed E-state index contributed by atoms with van der Waals surface area (Å²) < 4.78 is 0. The Morgan fingerprint density at radius 2 is 2.12 bits per heavy atom. The van der Waals surface area contributed by atoms with Gasteiger partial charge in [0.05, 0.1) is 18.5 Å². The van der Waals surface area contributed by atoms with E-state index in [1.165, 1.54) is 12.8 Å². The van der Waals surface area contributed by atoms with Crippen molar-refractivity contribution in [3.05, 3.63) is 0 Å². The highest BCUT2D eigenvalue weighted by Gasteiger charge is 2.27. The van der Waals surface area contributed by atoms with Crippen LogP contribution in [0.25, 0.3) is 0 Å². The average Bonchev–Trinajstić information content (AvgIpc) is 2.53. The maximum absolute atomic E-state index is 11.3. The van der Waals surface area contributed by atoms with E-state index in [9.17, 15) is 4.79 Å². The van der Waals surface area contributed by atoms with Gasteiger partial charge in [0.15, 0.2) is 0 Å². The number of amides is 1. The molecule has 90 valence electrons. The highest BCUT2D eigenvalue weighted by molar-refractivity contribution is 5.77. The molecule has 0 aromatic rings. The van der Waals surface area contributed by atoms with E-state index < -0.39 is 0 Å². The van der Waals surface area contributed by atoms with Crippen LogP contribution in [0.3, 0.4) is 0 Å². The van der Waals surface area contributed by atoms with E-state index in [4.69, 9.17) is 5.26 Å². The molecule has 0 heterocycles. The van der Waals surface area contributed by atoms with Crippen molar-refractivity contribution >= 4 is 5.91 Å². The van der Waals surface area contributed by atoms with Crippen molar-refractivity contribution in [2.75, 3.05) is 20.6 Å². The molecule has 0 aromatic heterocycles. The van der Waals surface area contributed by atoms with Gasteiger partial charge < -0.3 is 5.32 Å². The Morgan fingerprint density at radius 3 is 2.75 bits per heavy atom. The van der Waals surface area contributed by atoms with E-state index in [1.54, 1.807) is 7.05 Å². The van der Waals surface area contributed by atoms with Gasteiger partial charge in [0.25, 0.3) is 0 Å². The predicted octanol–water partition coefficient (Wildman–Crippen LogP) is 1.14. The Bertz CT molecular complexity index is 272. The lowest BCUT2D eigenvalue weighted by atomic mass is 9.95. The zero-order chi connectivity index (χ0) is 12.0. The van der Waals surface area contributed by atoms with Gasteiger partial charge >= 0.3 is 0 Å². The highest BCUT2D eigenvalue weighted by atomic mass is 16.1. The number of rotatable bonds is 3. The lowest BCUT2D eigenvalue weighted by Gasteiger charge is -2.29. The lowest BCUT2D eigenvalue weighted by molar-refractivity contribution is -0.122. The molecule has 2 unspecified atom stereocenters. The molecule has 0 radical (unpaired) electrons. The predicted molar refractivity (Wildman–Crippen MR) is 62.7 cm³/mol. The normalized spacial score (nSPS) is 25.9. The standard InChI is InChI=1S/C12H21N3O/c1-14-12(16)9-15(2)11-7-5-3-4-6-10(11)8-13/h10-11H,3-7,9H2,1-2H3,(H,14,16). The summed E-state index contributed by atoms with van der Waals surface area (Å²) in [5.41, 5.74) is 0. The molecule has 0 spiro atoms. The first-order valence-electron chi connectivity index (χ1n) is 5.99. The summed E-state index contributed by atoms with van der Waals surface area (Å²) in [5.74, 6) is 0.0978. The maximum atomic E-state index is 11.3. The van der Waals surface area contributed by atoms with Crippen LogP contribution in [0.15, 0.2) is 0 Å². The Kier molecular flexibility index (Phi) is 5.27. The molecule has 1 fully saturated rings. The second kappa shape index (κ2) is 6.49. The van der Waals surface area contributed by atoms with Crippen molar-refractivity contribution in [1.29, 1.82) is 5.26 Å². The van der Waals surface area contributed by atoms with Gasteiger partial charge in [-0.2, -0.15) is 5.26 Å². The number of hydrogen-bond donors (Lipinski definition) is 1. The van der Waals surface area contributed by atoms with Crippen LogP contribution in [0.1, 0.15) is 32.1 Å². The van der Waals surface area contributed by atoms with Crippen LogP contribution in [0, 0.1) is 17.2 Å². The third-order valence-electron chi connectivity index (χ3n) is 3.38. The smallest absolute Gasteiger partial charge is 0.233 e. The second-order valence-electron chi connectivity index (χ2n) is 4.53. The molecule has 0 saturated heterocycles. The van der Waals surface area contributed by atoms with Crippen LogP contribution < -0.4 is 5.32 Å². The summed E-state index contributed by atoms with van der Waals surface area (Å²) in [6.07, 6.45) is 5.52. The topological polar surface area (TPSA) is 56.1 Å². The molecule has 0 aromatic carbocycles. The molecule has 1 N–H and O–H groups in total. The van der Waals surface area contributed by atoms with E-state index in [-0.39, 0.29) is 17.9 Å². The molecule has 1 aliphatic rings. The first-order valence-corrected chi connectivity index (χ1v) is 5.99. The zero-order valence-corrected chi connectivity index (χ0v) is 10.2. The Morgan fingerprint density at radius 1 is 1.44 bits per heavy atom. The number of carbonyl (C=O) groups is 1. The SMILES string of the molecule is CNC(=O)CN(C)C1CCCCCC1C#N. The van der Waals surface area contributed by atoms with E-state index in [0.717, 1.165) is 19.3 Å². The van der Waals surface area contributed by atoms with E-state index in [1.807, 2.05) is 11.9 Å². The quantitative estimate of drug-likeness (QED) is 0.730. The van der Waals surface area contributed by atoms with Gasteiger partial charge in [0.1, 0.15) is 0 Å². The maximum Gasteiger partial charge on any atom is 0.233 e. The molecule has 2 atom stereocenters. The van der Waals surface area contributed by atoms with Crippen molar-refractivity contribution in [1.82, 2.24) is 10.2 Å². The Balaban J connectivity index is 2.59. The Labute approximate surface area is 97.6 Å². The molecule has 1 rings (SSSR count). The van der Waals surface area contributed by atoms with Crippen molar-refractivity contribution in [3.63, 3.8) is 0 Å². The molecule has 1 saturated carbocycles. The van der Waals surface area contributed by atoms with Crippen LogP contribution in [0.4, 0.5) is 0 Å². The first kappa shape index (κ1) is 13.0. The third-order valence-corrected chi connectivity index (χ3v) is 3.38. The molecule has 1 aliphatic carbocycles. The molecule has 4 heteroatoms. The van der Waals surface area contributed by atoms with E-state index >= 15 is 0 Å². The minimum Gasteiger partial charge on any atom is -0.358 e. The first-order chi connectivity index (χ1) is 7.69. The summed E-state index contributed by atoms with van der Waals surface area (Å²) in [6, 6.07) is 2.63. The molecule has 4 nitrogen and oxygen atoms in total. The van der Waals surface area contributed by atoms with Gasteiger partial charge in [0.2, 0.25) is 5.91 Å². The number of hydrogen-bond acceptors (Lipinski definition) is 3. The number of nitrogens with one attached hydrogen (secondary N) is 1. The molecule has 0 bridgehead atoms. The van der Waals surface area contributed by atoms with Crippen LogP contribution in [0.2, 0.25) is 0 Å². The van der Waals surface area contributed by atoms with Gasteiger partial charge in [-0.15, -0.1) is 0 Å². The average molecular weight is 223 g/mol.